The molecule has 0 aliphatic carbocycles. The van der Waals surface area contributed by atoms with Gasteiger partial charge >= 0.3 is 0 Å². The smallest absolute Gasteiger partial charge is 0.255 e. The summed E-state index contributed by atoms with van der Waals surface area (Å²) in [6, 6.07) is 19.1. The minimum Gasteiger partial charge on any atom is -0.467 e. The highest BCUT2D eigenvalue weighted by Crippen LogP contribution is 2.33. The standard InChI is InChI=1S/C24H24N2O3/c1-17-9-11-18(12-10-17)15-25-23(28)24(2)14-19-6-3-4-8-21(19)22(27)26(24)16-20-7-5-13-29-20/h3-13H,14-16H2,1-2H3,(H,25,28)/t24-/m1/s1. The van der Waals surface area contributed by atoms with E-state index >= 15 is 0 Å². The minimum atomic E-state index is -1.01. The molecule has 1 N–H and O–H groups in total. The molecule has 1 aliphatic rings. The Morgan fingerprint density at radius 2 is 1.86 bits per heavy atom. The van der Waals surface area contributed by atoms with Crippen molar-refractivity contribution in [3.05, 3.63) is 94.9 Å². The largest absolute Gasteiger partial charge is 0.467 e. The first-order chi connectivity index (χ1) is 14.0. The van der Waals surface area contributed by atoms with E-state index in [2.05, 4.69) is 5.32 Å². The van der Waals surface area contributed by atoms with Crippen molar-refractivity contribution in [1.82, 2.24) is 10.2 Å². The van der Waals surface area contributed by atoms with Crippen LogP contribution in [0.15, 0.2) is 71.3 Å². The third kappa shape index (κ3) is 3.68. The van der Waals surface area contributed by atoms with Crippen molar-refractivity contribution < 1.29 is 14.0 Å². The summed E-state index contributed by atoms with van der Waals surface area (Å²) in [6.45, 7) is 4.52. The summed E-state index contributed by atoms with van der Waals surface area (Å²) in [4.78, 5) is 28.2. The molecule has 0 unspecified atom stereocenters. The van der Waals surface area contributed by atoms with Gasteiger partial charge in [-0.25, -0.2) is 0 Å². The number of nitrogens with one attached hydrogen (secondary N) is 1. The number of amides is 2. The maximum absolute atomic E-state index is 13.3. The Hall–Kier alpha value is -3.34. The summed E-state index contributed by atoms with van der Waals surface area (Å²) in [7, 11) is 0. The van der Waals surface area contributed by atoms with Crippen molar-refractivity contribution in [2.24, 2.45) is 0 Å². The number of aryl methyl sites for hydroxylation is 1. The molecule has 2 aromatic carbocycles. The van der Waals surface area contributed by atoms with Crippen LogP contribution in [-0.4, -0.2) is 22.3 Å². The fraction of sp³-hybridized carbons (Fsp3) is 0.250. The van der Waals surface area contributed by atoms with Crippen LogP contribution < -0.4 is 5.32 Å². The van der Waals surface area contributed by atoms with Gasteiger partial charge in [-0.3, -0.25) is 9.59 Å². The predicted octanol–water partition coefficient (Wildman–Crippen LogP) is 3.86. The summed E-state index contributed by atoms with van der Waals surface area (Å²) in [5, 5.41) is 3.03. The number of hydrogen-bond acceptors (Lipinski definition) is 3. The molecule has 0 bridgehead atoms. The summed E-state index contributed by atoms with van der Waals surface area (Å²) in [5.74, 6) is 0.319. The van der Waals surface area contributed by atoms with Crippen LogP contribution >= 0.6 is 0 Å². The van der Waals surface area contributed by atoms with Crippen LogP contribution in [0, 0.1) is 6.92 Å². The molecule has 0 saturated carbocycles. The normalized spacial score (nSPS) is 18.4. The SMILES string of the molecule is Cc1ccc(CNC(=O)[C@@]2(C)Cc3ccccc3C(=O)N2Cc2ccco2)cc1. The summed E-state index contributed by atoms with van der Waals surface area (Å²) >= 11 is 0. The zero-order chi connectivity index (χ0) is 20.4. The van der Waals surface area contributed by atoms with E-state index < -0.39 is 5.54 Å². The van der Waals surface area contributed by atoms with E-state index in [0.717, 1.165) is 11.1 Å². The van der Waals surface area contributed by atoms with E-state index in [1.165, 1.54) is 5.56 Å². The van der Waals surface area contributed by atoms with Crippen molar-refractivity contribution in [2.75, 3.05) is 0 Å². The molecule has 0 fully saturated rings. The van der Waals surface area contributed by atoms with Gasteiger partial charge in [0, 0.05) is 18.5 Å². The van der Waals surface area contributed by atoms with Crippen molar-refractivity contribution >= 4 is 11.8 Å². The lowest BCUT2D eigenvalue weighted by Gasteiger charge is -2.43. The molecule has 1 atom stereocenters. The first kappa shape index (κ1) is 19.0. The van der Waals surface area contributed by atoms with Crippen molar-refractivity contribution in [2.45, 2.75) is 38.9 Å². The molecule has 0 radical (unpaired) electrons. The van der Waals surface area contributed by atoms with Gasteiger partial charge in [0.05, 0.1) is 12.8 Å². The van der Waals surface area contributed by atoms with Gasteiger partial charge in [0.1, 0.15) is 11.3 Å². The second kappa shape index (κ2) is 7.59. The molecule has 5 heteroatoms. The lowest BCUT2D eigenvalue weighted by molar-refractivity contribution is -0.132. The van der Waals surface area contributed by atoms with E-state index in [1.54, 1.807) is 17.2 Å². The fourth-order valence-corrected chi connectivity index (χ4v) is 3.81. The Kier molecular flexibility index (Phi) is 4.97. The molecule has 4 rings (SSSR count). The topological polar surface area (TPSA) is 62.6 Å². The molecule has 0 saturated heterocycles. The molecular weight excluding hydrogens is 364 g/mol. The average Bonchev–Trinajstić information content (AvgIpc) is 3.24. The molecule has 1 aromatic heterocycles. The van der Waals surface area contributed by atoms with Gasteiger partial charge in [-0.15, -0.1) is 0 Å². The molecule has 2 amide bonds. The monoisotopic (exact) mass is 388 g/mol. The third-order valence-corrected chi connectivity index (χ3v) is 5.58. The third-order valence-electron chi connectivity index (χ3n) is 5.58. The van der Waals surface area contributed by atoms with E-state index in [9.17, 15) is 9.59 Å². The Balaban J connectivity index is 1.62. The Morgan fingerprint density at radius 3 is 2.59 bits per heavy atom. The number of benzene rings is 2. The van der Waals surface area contributed by atoms with Crippen LogP contribution in [0.2, 0.25) is 0 Å². The van der Waals surface area contributed by atoms with Gasteiger partial charge in [-0.05, 0) is 43.2 Å². The van der Waals surface area contributed by atoms with Gasteiger partial charge in [0.15, 0.2) is 0 Å². The van der Waals surface area contributed by atoms with Crippen LogP contribution in [0.4, 0.5) is 0 Å². The zero-order valence-corrected chi connectivity index (χ0v) is 16.6. The van der Waals surface area contributed by atoms with Gasteiger partial charge in [-0.1, -0.05) is 48.0 Å². The maximum atomic E-state index is 13.3. The van der Waals surface area contributed by atoms with Crippen LogP contribution in [0.3, 0.4) is 0 Å². The van der Waals surface area contributed by atoms with Crippen LogP contribution in [0.25, 0.3) is 0 Å². The molecule has 3 aromatic rings. The molecular formula is C24H24N2O3. The predicted molar refractivity (Wildman–Crippen MR) is 110 cm³/mol. The van der Waals surface area contributed by atoms with Gasteiger partial charge in [-0.2, -0.15) is 0 Å². The van der Waals surface area contributed by atoms with Gasteiger partial charge in [0.2, 0.25) is 5.91 Å². The molecule has 2 heterocycles. The van der Waals surface area contributed by atoms with E-state index in [1.807, 2.05) is 68.4 Å². The van der Waals surface area contributed by atoms with Crippen LogP contribution in [0.5, 0.6) is 0 Å². The van der Waals surface area contributed by atoms with E-state index in [-0.39, 0.29) is 18.4 Å². The zero-order valence-electron chi connectivity index (χ0n) is 16.6. The Morgan fingerprint density at radius 1 is 1.10 bits per heavy atom. The van der Waals surface area contributed by atoms with Crippen LogP contribution in [0.1, 0.15) is 39.7 Å². The quantitative estimate of drug-likeness (QED) is 0.722. The Labute approximate surface area is 170 Å². The fourth-order valence-electron chi connectivity index (χ4n) is 3.81. The van der Waals surface area contributed by atoms with E-state index in [0.29, 0.717) is 24.3 Å². The number of hydrogen-bond donors (Lipinski definition) is 1. The second-order valence-corrected chi connectivity index (χ2v) is 7.75. The van der Waals surface area contributed by atoms with Crippen molar-refractivity contribution in [1.29, 1.82) is 0 Å². The number of fused-ring (bicyclic) bond motifs is 1. The molecule has 0 spiro atoms. The van der Waals surface area contributed by atoms with Gasteiger partial charge < -0.3 is 14.6 Å². The maximum Gasteiger partial charge on any atom is 0.255 e. The van der Waals surface area contributed by atoms with E-state index in [4.69, 9.17) is 4.42 Å². The first-order valence-electron chi connectivity index (χ1n) is 9.73. The first-order valence-corrected chi connectivity index (χ1v) is 9.73. The molecule has 148 valence electrons. The molecule has 5 nitrogen and oxygen atoms in total. The lowest BCUT2D eigenvalue weighted by atomic mass is 9.82. The van der Waals surface area contributed by atoms with Crippen molar-refractivity contribution in [3.8, 4) is 0 Å². The number of nitrogens with zero attached hydrogens (tertiary/aromatic N) is 1. The lowest BCUT2D eigenvalue weighted by Crippen LogP contribution is -2.62. The number of furan rings is 1. The Bertz CT molecular complexity index is 1020. The highest BCUT2D eigenvalue weighted by atomic mass is 16.3. The molecule has 1 aliphatic heterocycles. The van der Waals surface area contributed by atoms with Gasteiger partial charge in [0.25, 0.3) is 5.91 Å². The average molecular weight is 388 g/mol. The van der Waals surface area contributed by atoms with Crippen LogP contribution in [-0.2, 0) is 24.3 Å². The highest BCUT2D eigenvalue weighted by molar-refractivity contribution is 6.02. The number of carbonyl (C=O) groups is 2. The number of carbonyl (C=O) groups excluding carboxylic acids is 2. The minimum absolute atomic E-state index is 0.156. The highest BCUT2D eigenvalue weighted by Gasteiger charge is 2.46. The summed E-state index contributed by atoms with van der Waals surface area (Å²) < 4.78 is 5.46. The molecule has 29 heavy (non-hydrogen) atoms. The second-order valence-electron chi connectivity index (χ2n) is 7.75. The van der Waals surface area contributed by atoms with Crippen molar-refractivity contribution in [3.63, 3.8) is 0 Å². The summed E-state index contributed by atoms with van der Waals surface area (Å²) in [6.07, 6.45) is 2.03. The number of rotatable bonds is 5. The summed E-state index contributed by atoms with van der Waals surface area (Å²) in [5.41, 5.74) is 2.71.